The molecule has 0 aliphatic rings. The lowest BCUT2D eigenvalue weighted by atomic mass is 10.3. The topological polar surface area (TPSA) is 55.4 Å². The number of amides is 1. The Hall–Kier alpha value is -1.07. The quantitative estimate of drug-likeness (QED) is 0.675. The predicted octanol–water partition coefficient (Wildman–Crippen LogP) is 2.60. The molecule has 1 aromatic carbocycles. The van der Waals surface area contributed by atoms with E-state index in [9.17, 15) is 9.59 Å². The molecule has 0 bridgehead atoms. The summed E-state index contributed by atoms with van der Waals surface area (Å²) in [6.45, 7) is 1.78. The molecule has 0 saturated carbocycles. The Morgan fingerprint density at radius 2 is 2.19 bits per heavy atom. The van der Waals surface area contributed by atoms with E-state index in [2.05, 4.69) is 26.0 Å². The smallest absolute Gasteiger partial charge is 0.397 e. The molecule has 6 heteroatoms. The van der Waals surface area contributed by atoms with E-state index in [1.807, 2.05) is 0 Å². The Bertz CT molecular complexity index is 423. The maximum atomic E-state index is 11.3. The van der Waals surface area contributed by atoms with Gasteiger partial charge in [0.1, 0.15) is 0 Å². The normalized spacial score (nSPS) is 9.69. The SMILES string of the molecule is CCOC(=O)C(=O)Nc1cccc(Cl)c1Br. The molecule has 1 N–H and O–H groups in total. The first-order valence-corrected chi connectivity index (χ1v) is 5.65. The van der Waals surface area contributed by atoms with Gasteiger partial charge in [0, 0.05) is 0 Å². The summed E-state index contributed by atoms with van der Waals surface area (Å²) in [4.78, 5) is 22.4. The van der Waals surface area contributed by atoms with E-state index < -0.39 is 11.9 Å². The maximum absolute atomic E-state index is 11.3. The molecule has 0 radical (unpaired) electrons. The fourth-order valence-electron chi connectivity index (χ4n) is 0.970. The minimum absolute atomic E-state index is 0.156. The Kier molecular flexibility index (Phi) is 4.76. The summed E-state index contributed by atoms with van der Waals surface area (Å²) in [5.41, 5.74) is 0.422. The molecule has 0 unspecified atom stereocenters. The molecular weight excluding hydrogens is 297 g/mol. The Labute approximate surface area is 106 Å². The van der Waals surface area contributed by atoms with Gasteiger partial charge in [0.25, 0.3) is 0 Å². The van der Waals surface area contributed by atoms with Crippen LogP contribution in [0.4, 0.5) is 5.69 Å². The minimum atomic E-state index is -0.922. The molecule has 86 valence electrons. The van der Waals surface area contributed by atoms with Crippen molar-refractivity contribution in [2.45, 2.75) is 6.92 Å². The fourth-order valence-corrected chi connectivity index (χ4v) is 1.51. The van der Waals surface area contributed by atoms with Crippen molar-refractivity contribution in [3.8, 4) is 0 Å². The van der Waals surface area contributed by atoms with E-state index in [1.54, 1.807) is 25.1 Å². The van der Waals surface area contributed by atoms with Gasteiger partial charge in [-0.3, -0.25) is 4.79 Å². The molecule has 1 aromatic rings. The zero-order valence-corrected chi connectivity index (χ0v) is 10.8. The van der Waals surface area contributed by atoms with Crippen molar-refractivity contribution in [3.63, 3.8) is 0 Å². The molecule has 0 fully saturated rings. The van der Waals surface area contributed by atoms with Crippen molar-refractivity contribution in [1.82, 2.24) is 0 Å². The molecular formula is C10H9BrClNO3. The lowest BCUT2D eigenvalue weighted by Gasteiger charge is -2.07. The van der Waals surface area contributed by atoms with Crippen molar-refractivity contribution in [3.05, 3.63) is 27.7 Å². The summed E-state index contributed by atoms with van der Waals surface area (Å²) in [7, 11) is 0. The van der Waals surface area contributed by atoms with Gasteiger partial charge < -0.3 is 10.1 Å². The Morgan fingerprint density at radius 3 is 2.81 bits per heavy atom. The van der Waals surface area contributed by atoms with E-state index in [4.69, 9.17) is 11.6 Å². The van der Waals surface area contributed by atoms with E-state index in [-0.39, 0.29) is 6.61 Å². The lowest BCUT2D eigenvalue weighted by molar-refractivity contribution is -0.152. The second kappa shape index (κ2) is 5.86. The van der Waals surface area contributed by atoms with Crippen molar-refractivity contribution in [2.24, 2.45) is 0 Å². The highest BCUT2D eigenvalue weighted by Gasteiger charge is 2.16. The zero-order valence-electron chi connectivity index (χ0n) is 8.42. The number of ether oxygens (including phenoxy) is 1. The van der Waals surface area contributed by atoms with Crippen molar-refractivity contribution in [2.75, 3.05) is 11.9 Å². The summed E-state index contributed by atoms with van der Waals surface area (Å²) in [5.74, 6) is -1.75. The van der Waals surface area contributed by atoms with E-state index in [0.29, 0.717) is 15.2 Å². The number of hydrogen-bond acceptors (Lipinski definition) is 3. The van der Waals surface area contributed by atoms with Crippen LogP contribution in [0.15, 0.2) is 22.7 Å². The van der Waals surface area contributed by atoms with Crippen molar-refractivity contribution in [1.29, 1.82) is 0 Å². The summed E-state index contributed by atoms with van der Waals surface area (Å²) in [6, 6.07) is 4.94. The summed E-state index contributed by atoms with van der Waals surface area (Å²) >= 11 is 9.02. The van der Waals surface area contributed by atoms with Gasteiger partial charge in [-0.1, -0.05) is 17.7 Å². The average Bonchev–Trinajstić information content (AvgIpc) is 2.25. The number of halogens is 2. The second-order valence-electron chi connectivity index (χ2n) is 2.78. The molecule has 1 amide bonds. The average molecular weight is 307 g/mol. The van der Waals surface area contributed by atoms with Crippen LogP contribution in [-0.4, -0.2) is 18.5 Å². The molecule has 0 aliphatic carbocycles. The summed E-state index contributed by atoms with van der Waals surface area (Å²) < 4.78 is 5.07. The van der Waals surface area contributed by atoms with Crippen molar-refractivity contribution < 1.29 is 14.3 Å². The monoisotopic (exact) mass is 305 g/mol. The van der Waals surface area contributed by atoms with E-state index in [0.717, 1.165) is 0 Å². The van der Waals surface area contributed by atoms with Crippen LogP contribution in [0.1, 0.15) is 6.92 Å². The van der Waals surface area contributed by atoms with Gasteiger partial charge >= 0.3 is 11.9 Å². The van der Waals surface area contributed by atoms with Gasteiger partial charge in [0.15, 0.2) is 0 Å². The molecule has 0 saturated heterocycles. The number of carbonyl (C=O) groups is 2. The zero-order chi connectivity index (χ0) is 12.1. The standard InChI is InChI=1S/C10H9BrClNO3/c1-2-16-10(15)9(14)13-7-5-3-4-6(12)8(7)11/h3-5H,2H2,1H3,(H,13,14). The molecule has 0 aromatic heterocycles. The van der Waals surface area contributed by atoms with Crippen LogP contribution in [0.25, 0.3) is 0 Å². The fraction of sp³-hybridized carbons (Fsp3) is 0.200. The largest absolute Gasteiger partial charge is 0.459 e. The summed E-state index contributed by atoms with van der Waals surface area (Å²) in [5, 5.41) is 2.84. The predicted molar refractivity (Wildman–Crippen MR) is 64.4 cm³/mol. The Balaban J connectivity index is 2.77. The number of esters is 1. The Morgan fingerprint density at radius 1 is 1.50 bits per heavy atom. The highest BCUT2D eigenvalue weighted by Crippen LogP contribution is 2.29. The third-order valence-electron chi connectivity index (χ3n) is 1.66. The third kappa shape index (κ3) is 3.21. The maximum Gasteiger partial charge on any atom is 0.397 e. The number of hydrogen-bond donors (Lipinski definition) is 1. The van der Waals surface area contributed by atoms with Crippen LogP contribution in [0, 0.1) is 0 Å². The number of carbonyl (C=O) groups excluding carboxylic acids is 2. The van der Waals surface area contributed by atoms with Crippen LogP contribution in [0.5, 0.6) is 0 Å². The van der Waals surface area contributed by atoms with Crippen LogP contribution in [0.3, 0.4) is 0 Å². The highest BCUT2D eigenvalue weighted by atomic mass is 79.9. The van der Waals surface area contributed by atoms with Gasteiger partial charge in [-0.05, 0) is 35.0 Å². The molecule has 4 nitrogen and oxygen atoms in total. The number of nitrogens with one attached hydrogen (secondary N) is 1. The first-order chi connectivity index (χ1) is 7.56. The molecule has 0 spiro atoms. The number of rotatable bonds is 2. The van der Waals surface area contributed by atoms with Crippen molar-refractivity contribution >= 4 is 45.1 Å². The molecule has 0 heterocycles. The minimum Gasteiger partial charge on any atom is -0.459 e. The van der Waals surface area contributed by atoms with Gasteiger partial charge in [-0.25, -0.2) is 4.79 Å². The van der Waals surface area contributed by atoms with Crippen LogP contribution < -0.4 is 5.32 Å². The summed E-state index contributed by atoms with van der Waals surface area (Å²) in [6.07, 6.45) is 0. The number of anilines is 1. The van der Waals surface area contributed by atoms with Gasteiger partial charge in [0.2, 0.25) is 0 Å². The molecule has 0 aliphatic heterocycles. The first-order valence-electron chi connectivity index (χ1n) is 4.48. The number of benzene rings is 1. The molecule has 1 rings (SSSR count). The van der Waals surface area contributed by atoms with Crippen LogP contribution in [0.2, 0.25) is 5.02 Å². The van der Waals surface area contributed by atoms with E-state index in [1.165, 1.54) is 0 Å². The van der Waals surface area contributed by atoms with E-state index >= 15 is 0 Å². The third-order valence-corrected chi connectivity index (χ3v) is 3.06. The van der Waals surface area contributed by atoms with Crippen LogP contribution in [-0.2, 0) is 14.3 Å². The molecule has 0 atom stereocenters. The highest BCUT2D eigenvalue weighted by molar-refractivity contribution is 9.10. The first kappa shape index (κ1) is 13.0. The van der Waals surface area contributed by atoms with Gasteiger partial charge in [-0.2, -0.15) is 0 Å². The van der Waals surface area contributed by atoms with Gasteiger partial charge in [-0.15, -0.1) is 0 Å². The van der Waals surface area contributed by atoms with Gasteiger partial charge in [0.05, 0.1) is 21.8 Å². The molecule has 16 heavy (non-hydrogen) atoms. The second-order valence-corrected chi connectivity index (χ2v) is 3.98. The lowest BCUT2D eigenvalue weighted by Crippen LogP contribution is -2.25. The van der Waals surface area contributed by atoms with Crippen LogP contribution >= 0.6 is 27.5 Å².